The highest BCUT2D eigenvalue weighted by Crippen LogP contribution is 2.06. The first-order valence-electron chi connectivity index (χ1n) is 6.32. The topological polar surface area (TPSA) is 86.1 Å². The molecule has 6 nitrogen and oxygen atoms in total. The van der Waals surface area contributed by atoms with Gasteiger partial charge in [-0.15, -0.1) is 0 Å². The van der Waals surface area contributed by atoms with Gasteiger partial charge in [-0.2, -0.15) is 0 Å². The fraction of sp³-hybridized carbons (Fsp3) is 0.385. The van der Waals surface area contributed by atoms with Crippen LogP contribution in [0.5, 0.6) is 0 Å². The molecule has 0 fully saturated rings. The molecule has 0 aliphatic heterocycles. The minimum Gasteiger partial charge on any atom is -0.455 e. The summed E-state index contributed by atoms with van der Waals surface area (Å²) in [5, 5.41) is 2.82. The predicted octanol–water partition coefficient (Wildman–Crippen LogP) is 1.14. The lowest BCUT2D eigenvalue weighted by Crippen LogP contribution is -2.24. The molecule has 0 saturated carbocycles. The van der Waals surface area contributed by atoms with Gasteiger partial charge < -0.3 is 20.0 Å². The van der Waals surface area contributed by atoms with E-state index < -0.39 is 0 Å². The van der Waals surface area contributed by atoms with E-state index in [1.165, 1.54) is 0 Å². The summed E-state index contributed by atoms with van der Waals surface area (Å²) in [4.78, 5) is 15.7. The molecule has 0 atom stereocenters. The lowest BCUT2D eigenvalue weighted by atomic mass is 10.3. The van der Waals surface area contributed by atoms with E-state index in [4.69, 9.17) is 10.2 Å². The Morgan fingerprint density at radius 3 is 3.00 bits per heavy atom. The number of hydrogen-bond acceptors (Lipinski definition) is 4. The van der Waals surface area contributed by atoms with Crippen molar-refractivity contribution in [2.75, 3.05) is 6.54 Å². The normalized spacial score (nSPS) is 10.6. The van der Waals surface area contributed by atoms with E-state index in [0.717, 1.165) is 19.4 Å². The maximum Gasteiger partial charge on any atom is 0.286 e. The standard InChI is InChI=1S/C13H18N4O2/c14-9-11-3-4-12(19-11)13(18)16-5-1-2-7-17-8-6-15-10-17/h3-4,6,8,10H,1-2,5,7,9,14H2,(H,16,18). The zero-order valence-corrected chi connectivity index (χ0v) is 10.7. The fourth-order valence-electron chi connectivity index (χ4n) is 1.74. The maximum absolute atomic E-state index is 11.7. The van der Waals surface area contributed by atoms with Gasteiger partial charge in [0.15, 0.2) is 5.76 Å². The molecule has 2 aromatic heterocycles. The Labute approximate surface area is 111 Å². The molecule has 0 bridgehead atoms. The van der Waals surface area contributed by atoms with Gasteiger partial charge in [-0.3, -0.25) is 4.79 Å². The summed E-state index contributed by atoms with van der Waals surface area (Å²) in [5.41, 5.74) is 5.42. The Morgan fingerprint density at radius 2 is 2.32 bits per heavy atom. The highest BCUT2D eigenvalue weighted by Gasteiger charge is 2.09. The molecule has 2 rings (SSSR count). The molecule has 0 spiro atoms. The van der Waals surface area contributed by atoms with E-state index >= 15 is 0 Å². The van der Waals surface area contributed by atoms with Crippen LogP contribution in [0.2, 0.25) is 0 Å². The van der Waals surface area contributed by atoms with E-state index in [2.05, 4.69) is 10.3 Å². The Kier molecular flexibility index (Phi) is 4.74. The van der Waals surface area contributed by atoms with Crippen molar-refractivity contribution >= 4 is 5.91 Å². The number of rotatable bonds is 7. The Balaban J connectivity index is 1.64. The van der Waals surface area contributed by atoms with Crippen LogP contribution in [0.15, 0.2) is 35.3 Å². The molecular formula is C13H18N4O2. The van der Waals surface area contributed by atoms with Crippen LogP contribution < -0.4 is 11.1 Å². The number of nitrogens with one attached hydrogen (secondary N) is 1. The van der Waals surface area contributed by atoms with Gasteiger partial charge in [-0.05, 0) is 25.0 Å². The molecule has 0 aliphatic carbocycles. The molecule has 2 heterocycles. The van der Waals surface area contributed by atoms with Crippen molar-refractivity contribution in [1.29, 1.82) is 0 Å². The fourth-order valence-corrected chi connectivity index (χ4v) is 1.74. The number of furan rings is 1. The van der Waals surface area contributed by atoms with Crippen molar-refractivity contribution in [3.8, 4) is 0 Å². The second-order valence-electron chi connectivity index (χ2n) is 4.23. The van der Waals surface area contributed by atoms with Crippen molar-refractivity contribution in [3.05, 3.63) is 42.4 Å². The number of aromatic nitrogens is 2. The molecule has 0 aromatic carbocycles. The van der Waals surface area contributed by atoms with Crippen molar-refractivity contribution in [2.45, 2.75) is 25.9 Å². The van der Waals surface area contributed by atoms with Crippen LogP contribution >= 0.6 is 0 Å². The van der Waals surface area contributed by atoms with E-state index in [9.17, 15) is 4.79 Å². The number of carbonyl (C=O) groups is 1. The zero-order valence-electron chi connectivity index (χ0n) is 10.7. The average molecular weight is 262 g/mol. The van der Waals surface area contributed by atoms with Gasteiger partial charge >= 0.3 is 0 Å². The number of aryl methyl sites for hydroxylation is 1. The van der Waals surface area contributed by atoms with Crippen LogP contribution in [-0.2, 0) is 13.1 Å². The van der Waals surface area contributed by atoms with Crippen LogP contribution in [-0.4, -0.2) is 22.0 Å². The molecular weight excluding hydrogens is 244 g/mol. The second kappa shape index (κ2) is 6.75. The molecule has 19 heavy (non-hydrogen) atoms. The van der Waals surface area contributed by atoms with E-state index in [0.29, 0.717) is 24.6 Å². The highest BCUT2D eigenvalue weighted by atomic mass is 16.4. The summed E-state index contributed by atoms with van der Waals surface area (Å²) in [5.74, 6) is 0.739. The van der Waals surface area contributed by atoms with Crippen molar-refractivity contribution < 1.29 is 9.21 Å². The van der Waals surface area contributed by atoms with Gasteiger partial charge in [-0.1, -0.05) is 0 Å². The summed E-state index contributed by atoms with van der Waals surface area (Å²) in [6, 6.07) is 3.36. The summed E-state index contributed by atoms with van der Waals surface area (Å²) >= 11 is 0. The van der Waals surface area contributed by atoms with Crippen LogP contribution in [0.1, 0.15) is 29.2 Å². The van der Waals surface area contributed by atoms with Gasteiger partial charge in [0.25, 0.3) is 5.91 Å². The first-order valence-corrected chi connectivity index (χ1v) is 6.32. The van der Waals surface area contributed by atoms with Gasteiger partial charge in [0.2, 0.25) is 0 Å². The SMILES string of the molecule is NCc1ccc(C(=O)NCCCCn2ccnc2)o1. The predicted molar refractivity (Wildman–Crippen MR) is 70.4 cm³/mol. The first kappa shape index (κ1) is 13.4. The van der Waals surface area contributed by atoms with Crippen molar-refractivity contribution in [1.82, 2.24) is 14.9 Å². The lowest BCUT2D eigenvalue weighted by Gasteiger charge is -2.04. The third-order valence-electron chi connectivity index (χ3n) is 2.77. The van der Waals surface area contributed by atoms with Gasteiger partial charge in [0.05, 0.1) is 12.9 Å². The molecule has 0 unspecified atom stereocenters. The number of imidazole rings is 1. The van der Waals surface area contributed by atoms with Crippen LogP contribution in [0.4, 0.5) is 0 Å². The number of nitrogens with two attached hydrogens (primary N) is 1. The molecule has 1 amide bonds. The molecule has 6 heteroatoms. The highest BCUT2D eigenvalue weighted by molar-refractivity contribution is 5.91. The number of hydrogen-bond donors (Lipinski definition) is 2. The smallest absolute Gasteiger partial charge is 0.286 e. The van der Waals surface area contributed by atoms with Gasteiger partial charge in [-0.25, -0.2) is 4.98 Å². The van der Waals surface area contributed by atoms with Crippen molar-refractivity contribution in [2.24, 2.45) is 5.73 Å². The summed E-state index contributed by atoms with van der Waals surface area (Å²) < 4.78 is 7.28. The number of nitrogens with zero attached hydrogens (tertiary/aromatic N) is 2. The van der Waals surface area contributed by atoms with Crippen LogP contribution in [0, 0.1) is 0 Å². The average Bonchev–Trinajstić information content (AvgIpc) is 3.09. The minimum absolute atomic E-state index is 0.192. The van der Waals surface area contributed by atoms with Crippen LogP contribution in [0.25, 0.3) is 0 Å². The third-order valence-corrected chi connectivity index (χ3v) is 2.77. The van der Waals surface area contributed by atoms with Crippen LogP contribution in [0.3, 0.4) is 0 Å². The van der Waals surface area contributed by atoms with E-state index in [1.54, 1.807) is 24.7 Å². The zero-order chi connectivity index (χ0) is 13.5. The molecule has 0 saturated heterocycles. The third kappa shape index (κ3) is 3.96. The first-order chi connectivity index (χ1) is 9.29. The summed E-state index contributed by atoms with van der Waals surface area (Å²) in [6.45, 7) is 1.85. The number of carbonyl (C=O) groups excluding carboxylic acids is 1. The molecule has 102 valence electrons. The van der Waals surface area contributed by atoms with Gasteiger partial charge in [0.1, 0.15) is 5.76 Å². The summed E-state index contributed by atoms with van der Waals surface area (Å²) in [6.07, 6.45) is 7.37. The minimum atomic E-state index is -0.192. The molecule has 0 radical (unpaired) electrons. The lowest BCUT2D eigenvalue weighted by molar-refractivity contribution is 0.0923. The monoisotopic (exact) mass is 262 g/mol. The van der Waals surface area contributed by atoms with E-state index in [-0.39, 0.29) is 5.91 Å². The molecule has 0 aliphatic rings. The van der Waals surface area contributed by atoms with E-state index in [1.807, 2.05) is 10.8 Å². The molecule has 3 N–H and O–H groups in total. The Morgan fingerprint density at radius 1 is 1.42 bits per heavy atom. The summed E-state index contributed by atoms with van der Waals surface area (Å²) in [7, 11) is 0. The maximum atomic E-state index is 11.7. The van der Waals surface area contributed by atoms with Crippen molar-refractivity contribution in [3.63, 3.8) is 0 Å². The Bertz CT molecular complexity index is 504. The quantitative estimate of drug-likeness (QED) is 0.733. The second-order valence-corrected chi connectivity index (χ2v) is 4.23. The largest absolute Gasteiger partial charge is 0.455 e. The Hall–Kier alpha value is -2.08. The number of unbranched alkanes of at least 4 members (excludes halogenated alkanes) is 1. The molecule has 2 aromatic rings. The van der Waals surface area contributed by atoms with Gasteiger partial charge in [0, 0.05) is 25.5 Å². The number of amides is 1.